The van der Waals surface area contributed by atoms with E-state index in [0.29, 0.717) is 5.75 Å². The van der Waals surface area contributed by atoms with E-state index in [2.05, 4.69) is 36.5 Å². The summed E-state index contributed by atoms with van der Waals surface area (Å²) in [5.41, 5.74) is 3.74. The summed E-state index contributed by atoms with van der Waals surface area (Å²) in [6, 6.07) is 7.86. The fourth-order valence-corrected chi connectivity index (χ4v) is 4.96. The van der Waals surface area contributed by atoms with E-state index in [4.69, 9.17) is 9.72 Å². The minimum absolute atomic E-state index is 0.709. The second kappa shape index (κ2) is 7.57. The van der Waals surface area contributed by atoms with Crippen LogP contribution in [-0.4, -0.2) is 31.7 Å². The Balaban J connectivity index is 1.57. The summed E-state index contributed by atoms with van der Waals surface area (Å²) < 4.78 is 8.44. The third-order valence-electron chi connectivity index (χ3n) is 3.95. The Morgan fingerprint density at radius 1 is 1.19 bits per heavy atom. The molecular formula is C18H16BrN5OS2. The SMILES string of the molecule is COc1ccc(Br)cc1-c1nc(CSc2nnc3cc(C)nc(C)n23)cs1. The Kier molecular flexibility index (Phi) is 5.16. The molecule has 0 aliphatic rings. The maximum Gasteiger partial charge on any atom is 0.197 e. The normalized spacial score (nSPS) is 11.3. The Hall–Kier alpha value is -1.97. The largest absolute Gasteiger partial charge is 0.496 e. The summed E-state index contributed by atoms with van der Waals surface area (Å²) in [5, 5.41) is 12.4. The predicted molar refractivity (Wildman–Crippen MR) is 112 cm³/mol. The van der Waals surface area contributed by atoms with Gasteiger partial charge in [0.1, 0.15) is 16.6 Å². The molecule has 0 aliphatic carbocycles. The topological polar surface area (TPSA) is 65.2 Å². The van der Waals surface area contributed by atoms with E-state index in [1.54, 1.807) is 30.2 Å². The summed E-state index contributed by atoms with van der Waals surface area (Å²) in [6.45, 7) is 3.93. The third-order valence-corrected chi connectivity index (χ3v) is 6.33. The fourth-order valence-electron chi connectivity index (χ4n) is 2.78. The lowest BCUT2D eigenvalue weighted by atomic mass is 10.2. The van der Waals surface area contributed by atoms with Gasteiger partial charge < -0.3 is 4.74 Å². The van der Waals surface area contributed by atoms with Gasteiger partial charge in [0.2, 0.25) is 0 Å². The van der Waals surface area contributed by atoms with Gasteiger partial charge in [-0.25, -0.2) is 9.97 Å². The van der Waals surface area contributed by atoms with Gasteiger partial charge in [-0.3, -0.25) is 4.40 Å². The van der Waals surface area contributed by atoms with Crippen molar-refractivity contribution < 1.29 is 4.74 Å². The number of rotatable bonds is 5. The molecule has 0 aliphatic heterocycles. The quantitative estimate of drug-likeness (QED) is 0.392. The molecule has 0 fully saturated rings. The van der Waals surface area contributed by atoms with Crippen LogP contribution in [0.25, 0.3) is 16.2 Å². The molecule has 4 rings (SSSR count). The first kappa shape index (κ1) is 18.4. The smallest absolute Gasteiger partial charge is 0.197 e. The Morgan fingerprint density at radius 3 is 2.85 bits per heavy atom. The predicted octanol–water partition coefficient (Wildman–Crippen LogP) is 4.93. The highest BCUT2D eigenvalue weighted by atomic mass is 79.9. The molecule has 0 bridgehead atoms. The van der Waals surface area contributed by atoms with Crippen molar-refractivity contribution in [1.29, 1.82) is 0 Å². The number of aryl methyl sites for hydroxylation is 2. The zero-order valence-corrected chi connectivity index (χ0v) is 18.2. The molecule has 0 saturated carbocycles. The average Bonchev–Trinajstić information content (AvgIpc) is 3.26. The number of fused-ring (bicyclic) bond motifs is 1. The standard InChI is InChI=1S/C18H16BrN5OS2/c1-10-6-16-22-23-18(24(16)11(2)20-10)27-9-13-8-26-17(21-13)14-7-12(19)4-5-15(14)25-3/h4-8H,9H2,1-3H3. The van der Waals surface area contributed by atoms with Gasteiger partial charge in [-0.1, -0.05) is 27.7 Å². The van der Waals surface area contributed by atoms with E-state index in [1.165, 1.54) is 0 Å². The van der Waals surface area contributed by atoms with Crippen molar-refractivity contribution in [1.82, 2.24) is 24.6 Å². The molecule has 138 valence electrons. The highest BCUT2D eigenvalue weighted by molar-refractivity contribution is 9.10. The molecule has 27 heavy (non-hydrogen) atoms. The van der Waals surface area contributed by atoms with Crippen LogP contribution < -0.4 is 4.74 Å². The summed E-state index contributed by atoms with van der Waals surface area (Å²) >= 11 is 6.73. The minimum atomic E-state index is 0.709. The maximum absolute atomic E-state index is 5.47. The number of ether oxygens (including phenoxy) is 1. The highest BCUT2D eigenvalue weighted by Gasteiger charge is 2.14. The first-order chi connectivity index (χ1) is 13.0. The molecule has 9 heteroatoms. The van der Waals surface area contributed by atoms with Crippen molar-refractivity contribution in [2.45, 2.75) is 24.8 Å². The lowest BCUT2D eigenvalue weighted by Gasteiger charge is -2.06. The van der Waals surface area contributed by atoms with Gasteiger partial charge in [0.25, 0.3) is 0 Å². The monoisotopic (exact) mass is 461 g/mol. The Labute approximate surface area is 173 Å². The van der Waals surface area contributed by atoms with Gasteiger partial charge in [0.15, 0.2) is 10.8 Å². The van der Waals surface area contributed by atoms with Crippen molar-refractivity contribution in [2.24, 2.45) is 0 Å². The number of methoxy groups -OCH3 is 1. The number of thioether (sulfide) groups is 1. The second-order valence-electron chi connectivity index (χ2n) is 5.90. The van der Waals surface area contributed by atoms with Gasteiger partial charge in [-0.05, 0) is 32.0 Å². The first-order valence-corrected chi connectivity index (χ1v) is 10.8. The number of nitrogens with zero attached hydrogens (tertiary/aromatic N) is 5. The van der Waals surface area contributed by atoms with E-state index in [-0.39, 0.29) is 0 Å². The fraction of sp³-hybridized carbons (Fsp3) is 0.222. The number of benzene rings is 1. The second-order valence-corrected chi connectivity index (χ2v) is 8.61. The van der Waals surface area contributed by atoms with Crippen molar-refractivity contribution in [3.63, 3.8) is 0 Å². The van der Waals surface area contributed by atoms with Gasteiger partial charge in [-0.15, -0.1) is 21.5 Å². The van der Waals surface area contributed by atoms with Crippen LogP contribution in [-0.2, 0) is 5.75 Å². The van der Waals surface area contributed by atoms with Gasteiger partial charge >= 0.3 is 0 Å². The van der Waals surface area contributed by atoms with Crippen LogP contribution in [0.2, 0.25) is 0 Å². The molecule has 3 heterocycles. The number of thiazole rings is 1. The molecule has 0 N–H and O–H groups in total. The van der Waals surface area contributed by atoms with Crippen molar-refractivity contribution in [2.75, 3.05) is 7.11 Å². The van der Waals surface area contributed by atoms with E-state index >= 15 is 0 Å². The average molecular weight is 462 g/mol. The zero-order valence-electron chi connectivity index (χ0n) is 14.9. The molecule has 1 aromatic carbocycles. The summed E-state index contributed by atoms with van der Waals surface area (Å²) in [6.07, 6.45) is 0. The molecule has 3 aromatic heterocycles. The molecule has 0 radical (unpaired) electrons. The summed E-state index contributed by atoms with van der Waals surface area (Å²) in [4.78, 5) is 9.27. The number of hydrogen-bond donors (Lipinski definition) is 0. The van der Waals surface area contributed by atoms with Crippen LogP contribution in [0.5, 0.6) is 5.75 Å². The molecule has 6 nitrogen and oxygen atoms in total. The summed E-state index contributed by atoms with van der Waals surface area (Å²) in [5.74, 6) is 2.41. The number of halogens is 1. The lowest BCUT2D eigenvalue weighted by molar-refractivity contribution is 0.416. The van der Waals surface area contributed by atoms with Gasteiger partial charge in [-0.2, -0.15) is 0 Å². The maximum atomic E-state index is 5.47. The first-order valence-electron chi connectivity index (χ1n) is 8.15. The van der Waals surface area contributed by atoms with Crippen LogP contribution in [0.15, 0.2) is 39.3 Å². The number of aromatic nitrogens is 5. The van der Waals surface area contributed by atoms with E-state index in [1.807, 2.05) is 42.5 Å². The van der Waals surface area contributed by atoms with Crippen molar-refractivity contribution in [3.05, 3.63) is 51.3 Å². The molecule has 4 aromatic rings. The Bertz CT molecular complexity index is 1120. The van der Waals surface area contributed by atoms with Gasteiger partial charge in [0.05, 0.1) is 18.4 Å². The molecule has 0 amide bonds. The highest BCUT2D eigenvalue weighted by Crippen LogP contribution is 2.35. The van der Waals surface area contributed by atoms with E-state index < -0.39 is 0 Å². The van der Waals surface area contributed by atoms with Crippen molar-refractivity contribution >= 4 is 44.7 Å². The zero-order chi connectivity index (χ0) is 19.0. The molecular weight excluding hydrogens is 446 g/mol. The van der Waals surface area contributed by atoms with Crippen LogP contribution in [0.1, 0.15) is 17.2 Å². The molecule has 0 saturated heterocycles. The minimum Gasteiger partial charge on any atom is -0.496 e. The number of hydrogen-bond acceptors (Lipinski definition) is 7. The van der Waals surface area contributed by atoms with E-state index in [9.17, 15) is 0 Å². The van der Waals surface area contributed by atoms with Crippen LogP contribution in [0.4, 0.5) is 0 Å². The third kappa shape index (κ3) is 3.71. The summed E-state index contributed by atoms with van der Waals surface area (Å²) in [7, 11) is 1.67. The van der Waals surface area contributed by atoms with Crippen LogP contribution in [0, 0.1) is 13.8 Å². The van der Waals surface area contributed by atoms with Gasteiger partial charge in [0, 0.05) is 27.4 Å². The van der Waals surface area contributed by atoms with Crippen LogP contribution in [0.3, 0.4) is 0 Å². The Morgan fingerprint density at radius 2 is 2.04 bits per heavy atom. The molecule has 0 spiro atoms. The molecule has 0 unspecified atom stereocenters. The van der Waals surface area contributed by atoms with Crippen molar-refractivity contribution in [3.8, 4) is 16.3 Å². The van der Waals surface area contributed by atoms with Crippen LogP contribution >= 0.6 is 39.0 Å². The van der Waals surface area contributed by atoms with E-state index in [0.717, 1.165) is 48.8 Å². The molecule has 0 atom stereocenters. The lowest BCUT2D eigenvalue weighted by Crippen LogP contribution is -1.98.